The molecule has 0 bridgehead atoms. The second-order valence-corrected chi connectivity index (χ2v) is 0.218. The van der Waals surface area contributed by atoms with Crippen LogP contribution in [0.4, 0.5) is 4.39 Å². The first-order valence-electron chi connectivity index (χ1n) is 0.796. The number of hydrogen-bond acceptors (Lipinski definition) is 0. The molecule has 4 heavy (non-hydrogen) atoms. The summed E-state index contributed by atoms with van der Waals surface area (Å²) in [6.45, 7) is 1.83. The summed E-state index contributed by atoms with van der Waals surface area (Å²) in [7, 11) is 0. The van der Waals surface area contributed by atoms with Crippen molar-refractivity contribution in [2.45, 2.75) is 6.92 Å². The van der Waals surface area contributed by atoms with Crippen LogP contribution in [-0.4, -0.2) is 0 Å². The van der Waals surface area contributed by atoms with Crippen molar-refractivity contribution in [1.82, 2.24) is 0 Å². The van der Waals surface area contributed by atoms with E-state index in [-0.39, 0.29) is 19.5 Å². The van der Waals surface area contributed by atoms with Crippen LogP contribution in [0.3, 0.4) is 0 Å². The molecule has 0 aliphatic rings. The smallest absolute Gasteiger partial charge is 0 e. The first-order valence-corrected chi connectivity index (χ1v) is 0.796. The zero-order chi connectivity index (χ0) is 2.71. The molecule has 0 spiro atoms. The fourth-order valence-corrected chi connectivity index (χ4v) is 0. The molecule has 29 valence electrons. The van der Waals surface area contributed by atoms with E-state index in [2.05, 4.69) is 0 Å². The Labute approximate surface area is 38.2 Å². The Kier molecular flexibility index (Phi) is 21.2. The van der Waals surface area contributed by atoms with Crippen LogP contribution in [0.1, 0.15) is 6.92 Å². The molecule has 0 N–H and O–H groups in total. The van der Waals surface area contributed by atoms with E-state index in [0.717, 1.165) is 0 Å². The van der Waals surface area contributed by atoms with Gasteiger partial charge in [0, 0.05) is 19.5 Å². The van der Waals surface area contributed by atoms with Gasteiger partial charge in [0.1, 0.15) is 0 Å². The van der Waals surface area contributed by atoms with Crippen molar-refractivity contribution in [3.63, 3.8) is 0 Å². The van der Waals surface area contributed by atoms with E-state index in [1.807, 2.05) is 0 Å². The summed E-state index contributed by atoms with van der Waals surface area (Å²) in [4.78, 5) is 0. The predicted molar refractivity (Wildman–Crippen MR) is 11.1 cm³/mol. The maximum absolute atomic E-state index is 10.2. The van der Waals surface area contributed by atoms with Gasteiger partial charge in [-0.25, -0.2) is 0 Å². The molecular weight excluding hydrogens is 146 g/mol. The van der Waals surface area contributed by atoms with Crippen LogP contribution in [-0.2, 0) is 19.5 Å². The van der Waals surface area contributed by atoms with Gasteiger partial charge in [0.2, 0.25) is 0 Å². The van der Waals surface area contributed by atoms with Gasteiger partial charge in [-0.2, -0.15) is 13.6 Å². The Morgan fingerprint density at radius 2 is 1.75 bits per heavy atom. The number of rotatable bonds is 0. The number of hydrogen-bond donors (Lipinski definition) is 0. The van der Waals surface area contributed by atoms with Gasteiger partial charge in [-0.3, -0.25) is 0 Å². The van der Waals surface area contributed by atoms with Crippen molar-refractivity contribution in [1.29, 1.82) is 0 Å². The SMILES string of the molecule is C[CH-]F.[Rh]. The first kappa shape index (κ1) is 8.82. The molecule has 0 saturated heterocycles. The normalized spacial score (nSPS) is 4.50. The molecule has 0 aliphatic carbocycles. The summed E-state index contributed by atoms with van der Waals surface area (Å²) in [5.74, 6) is 0. The van der Waals surface area contributed by atoms with E-state index in [1.54, 1.807) is 0 Å². The molecule has 0 aromatic heterocycles. The second kappa shape index (κ2) is 9.60. The quantitative estimate of drug-likeness (QED) is 0.358. The summed E-state index contributed by atoms with van der Waals surface area (Å²) in [5.41, 5.74) is 0. The minimum atomic E-state index is 0. The summed E-state index contributed by atoms with van der Waals surface area (Å²) < 4.78 is 10.2. The van der Waals surface area contributed by atoms with Crippen LogP contribution in [0.2, 0.25) is 0 Å². The third-order valence-electron chi connectivity index (χ3n) is 0. The van der Waals surface area contributed by atoms with Gasteiger partial charge in [-0.05, 0) is 0 Å². The topological polar surface area (TPSA) is 0 Å². The van der Waals surface area contributed by atoms with Crippen LogP contribution >= 0.6 is 0 Å². The minimum absolute atomic E-state index is 0. The molecule has 0 aromatic carbocycles. The Balaban J connectivity index is 0. The Morgan fingerprint density at radius 3 is 1.75 bits per heavy atom. The van der Waals surface area contributed by atoms with Crippen molar-refractivity contribution in [2.75, 3.05) is 0 Å². The van der Waals surface area contributed by atoms with Gasteiger partial charge in [0.25, 0.3) is 0 Å². The molecule has 0 saturated carbocycles. The molecular formula is C2H4FRh-. The average molecular weight is 150 g/mol. The largest absolute Gasteiger partial charge is 0.460 e. The average Bonchev–Trinajstić information content (AvgIpc) is 0.918. The van der Waals surface area contributed by atoms with Crippen LogP contribution in [0.25, 0.3) is 0 Å². The van der Waals surface area contributed by atoms with Crippen molar-refractivity contribution < 1.29 is 23.9 Å². The van der Waals surface area contributed by atoms with E-state index in [9.17, 15) is 4.39 Å². The van der Waals surface area contributed by atoms with Gasteiger partial charge in [0.15, 0.2) is 0 Å². The maximum atomic E-state index is 10.2. The van der Waals surface area contributed by atoms with E-state index in [1.165, 1.54) is 6.92 Å². The molecule has 0 amide bonds. The fraction of sp³-hybridized carbons (Fsp3) is 0.500. The van der Waals surface area contributed by atoms with Crippen LogP contribution in [0, 0.1) is 6.67 Å². The van der Waals surface area contributed by atoms with Crippen LogP contribution in [0.15, 0.2) is 0 Å². The van der Waals surface area contributed by atoms with E-state index < -0.39 is 0 Å². The zero-order valence-corrected chi connectivity index (χ0v) is 3.93. The van der Waals surface area contributed by atoms with Gasteiger partial charge in [-0.1, -0.05) is 0 Å². The Morgan fingerprint density at radius 1 is 1.75 bits per heavy atom. The van der Waals surface area contributed by atoms with Gasteiger partial charge < -0.3 is 4.39 Å². The summed E-state index contributed by atoms with van der Waals surface area (Å²) in [6.07, 6.45) is 0. The zero-order valence-electron chi connectivity index (χ0n) is 2.29. The Bertz CT molecular complexity index is 6.00. The summed E-state index contributed by atoms with van der Waals surface area (Å²) >= 11 is 0. The molecule has 0 fully saturated rings. The molecule has 0 aliphatic heterocycles. The molecule has 0 rings (SSSR count). The van der Waals surface area contributed by atoms with Crippen molar-refractivity contribution >= 4 is 0 Å². The van der Waals surface area contributed by atoms with Crippen molar-refractivity contribution in [3.8, 4) is 0 Å². The summed E-state index contributed by atoms with van der Waals surface area (Å²) in [6, 6.07) is 0. The first-order chi connectivity index (χ1) is 1.41. The fourth-order valence-electron chi connectivity index (χ4n) is 0. The van der Waals surface area contributed by atoms with E-state index in [0.29, 0.717) is 6.67 Å². The molecule has 0 nitrogen and oxygen atoms in total. The molecule has 2 heteroatoms. The predicted octanol–water partition coefficient (Wildman–Crippen LogP) is 1.14. The van der Waals surface area contributed by atoms with E-state index in [4.69, 9.17) is 0 Å². The molecule has 1 radical (unpaired) electrons. The van der Waals surface area contributed by atoms with Crippen LogP contribution in [0.5, 0.6) is 0 Å². The standard InChI is InChI=1S/C2H4F.Rh/c1-2-3;/h2H,1H3;/q-1;. The monoisotopic (exact) mass is 150 g/mol. The maximum Gasteiger partial charge on any atom is 0 e. The third-order valence-corrected chi connectivity index (χ3v) is 0. The van der Waals surface area contributed by atoms with Crippen molar-refractivity contribution in [2.24, 2.45) is 0 Å². The van der Waals surface area contributed by atoms with Gasteiger partial charge in [-0.15, -0.1) is 0 Å². The molecule has 0 aromatic rings. The Hall–Kier alpha value is 0.553. The van der Waals surface area contributed by atoms with Gasteiger partial charge in [0.05, 0.1) is 0 Å². The molecule has 0 atom stereocenters. The van der Waals surface area contributed by atoms with Gasteiger partial charge >= 0.3 is 0 Å². The molecule has 0 heterocycles. The molecule has 0 unspecified atom stereocenters. The van der Waals surface area contributed by atoms with E-state index >= 15 is 0 Å². The third kappa shape index (κ3) is 20.1. The van der Waals surface area contributed by atoms with Crippen LogP contribution < -0.4 is 0 Å². The minimum Gasteiger partial charge on any atom is -0.460 e. The second-order valence-electron chi connectivity index (χ2n) is 0.218. The van der Waals surface area contributed by atoms with Crippen molar-refractivity contribution in [3.05, 3.63) is 6.67 Å². The number of halogens is 1. The summed E-state index contributed by atoms with van der Waals surface area (Å²) in [5, 5.41) is 0.